The van der Waals surface area contributed by atoms with E-state index in [1.54, 1.807) is 0 Å². The predicted octanol–water partition coefficient (Wildman–Crippen LogP) is 3.44. The Kier molecular flexibility index (Phi) is 2.25. The van der Waals surface area contributed by atoms with Crippen molar-refractivity contribution in [3.8, 4) is 0 Å². The van der Waals surface area contributed by atoms with Crippen LogP contribution in [0.4, 0.5) is 0 Å². The summed E-state index contributed by atoms with van der Waals surface area (Å²) in [7, 11) is 0. The van der Waals surface area contributed by atoms with Crippen molar-refractivity contribution in [2.45, 2.75) is 25.2 Å². The van der Waals surface area contributed by atoms with Crippen molar-refractivity contribution in [3.05, 3.63) is 34.5 Å². The Balaban J connectivity index is 2.28. The maximum atomic E-state index is 11.0. The van der Waals surface area contributed by atoms with E-state index >= 15 is 0 Å². The van der Waals surface area contributed by atoms with E-state index in [4.69, 9.17) is 11.6 Å². The Morgan fingerprint density at radius 1 is 1.44 bits per heavy atom. The van der Waals surface area contributed by atoms with Gasteiger partial charge in [-0.25, -0.2) is 0 Å². The Hall–Kier alpha value is -1.28. The summed E-state index contributed by atoms with van der Waals surface area (Å²) in [6.45, 7) is 0. The molecule has 1 aliphatic carbocycles. The van der Waals surface area contributed by atoms with Crippen LogP contribution in [0.25, 0.3) is 10.9 Å². The second kappa shape index (κ2) is 3.63. The van der Waals surface area contributed by atoms with Crippen LogP contribution in [0.15, 0.2) is 18.2 Å². The van der Waals surface area contributed by atoms with E-state index in [1.807, 2.05) is 18.2 Å². The number of aldehydes is 1. The Morgan fingerprint density at radius 2 is 2.31 bits per heavy atom. The number of aromatic nitrogens is 1. The number of rotatable bonds is 1. The minimum Gasteiger partial charge on any atom is -0.358 e. The molecule has 1 atom stereocenters. The minimum absolute atomic E-state index is 0.0370. The normalized spacial score (nSPS) is 19.7. The molecule has 1 aromatic carbocycles. The van der Waals surface area contributed by atoms with Gasteiger partial charge in [0.2, 0.25) is 0 Å². The van der Waals surface area contributed by atoms with Gasteiger partial charge in [-0.05, 0) is 43.0 Å². The molecular weight excluding hydrogens is 222 g/mol. The van der Waals surface area contributed by atoms with Gasteiger partial charge >= 0.3 is 0 Å². The number of fused-ring (bicyclic) bond motifs is 3. The molecular formula is C13H12ClNO. The molecule has 1 heterocycles. The first-order valence-corrected chi connectivity index (χ1v) is 5.92. The van der Waals surface area contributed by atoms with E-state index in [1.165, 1.54) is 10.9 Å². The van der Waals surface area contributed by atoms with Gasteiger partial charge in [-0.3, -0.25) is 0 Å². The molecule has 0 fully saturated rings. The van der Waals surface area contributed by atoms with Crippen LogP contribution in [0, 0.1) is 0 Å². The zero-order valence-corrected chi connectivity index (χ0v) is 9.55. The highest BCUT2D eigenvalue weighted by Gasteiger charge is 2.23. The predicted molar refractivity (Wildman–Crippen MR) is 65.1 cm³/mol. The highest BCUT2D eigenvalue weighted by molar-refractivity contribution is 6.31. The van der Waals surface area contributed by atoms with Crippen molar-refractivity contribution < 1.29 is 4.79 Å². The van der Waals surface area contributed by atoms with Crippen LogP contribution in [-0.4, -0.2) is 11.3 Å². The summed E-state index contributed by atoms with van der Waals surface area (Å²) < 4.78 is 0. The molecule has 1 aromatic heterocycles. The molecule has 0 saturated heterocycles. The van der Waals surface area contributed by atoms with Gasteiger partial charge in [0.1, 0.15) is 6.29 Å². The number of aryl methyl sites for hydroxylation is 1. The lowest BCUT2D eigenvalue weighted by Gasteiger charge is -2.17. The number of hydrogen-bond donors (Lipinski definition) is 1. The van der Waals surface area contributed by atoms with Crippen molar-refractivity contribution in [1.82, 2.24) is 4.98 Å². The third-order valence-corrected chi connectivity index (χ3v) is 3.61. The lowest BCUT2D eigenvalue weighted by molar-refractivity contribution is -0.109. The van der Waals surface area contributed by atoms with E-state index in [-0.39, 0.29) is 5.92 Å². The first-order valence-electron chi connectivity index (χ1n) is 5.55. The van der Waals surface area contributed by atoms with Crippen molar-refractivity contribution >= 4 is 28.8 Å². The smallest absolute Gasteiger partial charge is 0.128 e. The molecule has 16 heavy (non-hydrogen) atoms. The summed E-state index contributed by atoms with van der Waals surface area (Å²) in [5.41, 5.74) is 3.46. The Bertz CT molecular complexity index is 558. The fourth-order valence-corrected chi connectivity index (χ4v) is 2.78. The molecule has 82 valence electrons. The SMILES string of the molecule is O=CC1CCCc2c1[nH]c1ccc(Cl)cc21. The molecule has 1 N–H and O–H groups in total. The fraction of sp³-hybridized carbons (Fsp3) is 0.308. The summed E-state index contributed by atoms with van der Waals surface area (Å²) in [4.78, 5) is 14.4. The van der Waals surface area contributed by atoms with Gasteiger partial charge in [-0.2, -0.15) is 0 Å². The minimum atomic E-state index is 0.0370. The first kappa shape index (κ1) is 9.91. The molecule has 0 radical (unpaired) electrons. The van der Waals surface area contributed by atoms with Crippen LogP contribution in [0.5, 0.6) is 0 Å². The van der Waals surface area contributed by atoms with Crippen molar-refractivity contribution in [2.24, 2.45) is 0 Å². The standard InChI is InChI=1S/C13H12ClNO/c14-9-4-5-12-11(6-9)10-3-1-2-8(7-16)13(10)15-12/h4-8,15H,1-3H2. The number of aromatic amines is 1. The molecule has 2 aromatic rings. The Labute approximate surface area is 98.6 Å². The van der Waals surface area contributed by atoms with Crippen LogP contribution >= 0.6 is 11.6 Å². The van der Waals surface area contributed by atoms with E-state index in [2.05, 4.69) is 4.98 Å². The average molecular weight is 234 g/mol. The number of benzene rings is 1. The largest absolute Gasteiger partial charge is 0.358 e. The molecule has 3 rings (SSSR count). The average Bonchev–Trinajstić information content (AvgIpc) is 2.67. The number of halogens is 1. The zero-order chi connectivity index (χ0) is 11.1. The summed E-state index contributed by atoms with van der Waals surface area (Å²) >= 11 is 6.00. The van der Waals surface area contributed by atoms with E-state index in [9.17, 15) is 4.79 Å². The highest BCUT2D eigenvalue weighted by atomic mass is 35.5. The first-order chi connectivity index (χ1) is 7.79. The van der Waals surface area contributed by atoms with Gasteiger partial charge in [0.05, 0.1) is 5.92 Å². The number of nitrogens with one attached hydrogen (secondary N) is 1. The molecule has 3 heteroatoms. The van der Waals surface area contributed by atoms with Crippen LogP contribution in [0.3, 0.4) is 0 Å². The van der Waals surface area contributed by atoms with Gasteiger partial charge in [0, 0.05) is 21.6 Å². The lowest BCUT2D eigenvalue weighted by atomic mass is 9.88. The number of carbonyl (C=O) groups is 1. The quantitative estimate of drug-likeness (QED) is 0.752. The molecule has 0 spiro atoms. The fourth-order valence-electron chi connectivity index (χ4n) is 2.61. The third-order valence-electron chi connectivity index (χ3n) is 3.38. The van der Waals surface area contributed by atoms with Gasteiger partial charge < -0.3 is 9.78 Å². The summed E-state index contributed by atoms with van der Waals surface area (Å²) in [5, 5.41) is 1.93. The van der Waals surface area contributed by atoms with Gasteiger partial charge in [-0.1, -0.05) is 11.6 Å². The second-order valence-electron chi connectivity index (χ2n) is 4.34. The Morgan fingerprint density at radius 3 is 3.12 bits per heavy atom. The van der Waals surface area contributed by atoms with E-state index in [0.717, 1.165) is 41.8 Å². The van der Waals surface area contributed by atoms with Crippen molar-refractivity contribution in [3.63, 3.8) is 0 Å². The summed E-state index contributed by atoms with van der Waals surface area (Å²) in [5.74, 6) is 0.0370. The topological polar surface area (TPSA) is 32.9 Å². The second-order valence-corrected chi connectivity index (χ2v) is 4.78. The molecule has 0 amide bonds. The molecule has 2 nitrogen and oxygen atoms in total. The van der Waals surface area contributed by atoms with Crippen molar-refractivity contribution in [2.75, 3.05) is 0 Å². The van der Waals surface area contributed by atoms with Crippen LogP contribution in [0.2, 0.25) is 5.02 Å². The number of hydrogen-bond acceptors (Lipinski definition) is 1. The molecule has 0 saturated carbocycles. The van der Waals surface area contributed by atoms with Crippen LogP contribution < -0.4 is 0 Å². The molecule has 0 aliphatic heterocycles. The molecule has 1 unspecified atom stereocenters. The van der Waals surface area contributed by atoms with Gasteiger partial charge in [-0.15, -0.1) is 0 Å². The van der Waals surface area contributed by atoms with Crippen molar-refractivity contribution in [1.29, 1.82) is 0 Å². The van der Waals surface area contributed by atoms with E-state index < -0.39 is 0 Å². The number of carbonyl (C=O) groups excluding carboxylic acids is 1. The maximum Gasteiger partial charge on any atom is 0.128 e. The lowest BCUT2D eigenvalue weighted by Crippen LogP contribution is -2.09. The van der Waals surface area contributed by atoms with Gasteiger partial charge in [0.25, 0.3) is 0 Å². The maximum absolute atomic E-state index is 11.0. The molecule has 0 bridgehead atoms. The zero-order valence-electron chi connectivity index (χ0n) is 8.79. The van der Waals surface area contributed by atoms with E-state index in [0.29, 0.717) is 0 Å². The summed E-state index contributed by atoms with van der Waals surface area (Å²) in [6, 6.07) is 5.85. The van der Waals surface area contributed by atoms with Crippen LogP contribution in [-0.2, 0) is 11.2 Å². The summed E-state index contributed by atoms with van der Waals surface area (Å²) in [6.07, 6.45) is 4.13. The van der Waals surface area contributed by atoms with Crippen LogP contribution in [0.1, 0.15) is 30.0 Å². The molecule has 1 aliphatic rings. The highest BCUT2D eigenvalue weighted by Crippen LogP contribution is 2.35. The monoisotopic (exact) mass is 233 g/mol. The van der Waals surface area contributed by atoms with Gasteiger partial charge in [0.15, 0.2) is 0 Å². The number of H-pyrrole nitrogens is 1. The third kappa shape index (κ3) is 1.37.